The predicted octanol–water partition coefficient (Wildman–Crippen LogP) is 2.14. The fraction of sp³-hybridized carbons (Fsp3) is 0.250. The molecule has 0 bridgehead atoms. The second kappa shape index (κ2) is 6.13. The van der Waals surface area contributed by atoms with Crippen LogP contribution < -0.4 is 4.90 Å². The van der Waals surface area contributed by atoms with E-state index in [2.05, 4.69) is 0 Å². The summed E-state index contributed by atoms with van der Waals surface area (Å²) >= 11 is 0. The summed E-state index contributed by atoms with van der Waals surface area (Å²) in [5.41, 5.74) is -2.58. The molecule has 0 radical (unpaired) electrons. The second-order valence-corrected chi connectivity index (χ2v) is 3.91. The molecule has 9 heteroatoms. The van der Waals surface area contributed by atoms with Crippen LogP contribution in [0.5, 0.6) is 0 Å². The summed E-state index contributed by atoms with van der Waals surface area (Å²) in [4.78, 5) is 21.1. The standard InChI is InChI=1S/C12H9F3N2O4/c1-2-5-16(7-11(18)19)10-4-3-8(17(20)21)6-9(10)12(13,14)15/h1,3-4,6H,5,7H2,(H,18,19). The van der Waals surface area contributed by atoms with Crippen LogP contribution in [0.4, 0.5) is 24.5 Å². The monoisotopic (exact) mass is 302 g/mol. The van der Waals surface area contributed by atoms with Gasteiger partial charge in [0.2, 0.25) is 0 Å². The van der Waals surface area contributed by atoms with E-state index in [0.29, 0.717) is 6.07 Å². The molecule has 112 valence electrons. The Kier molecular flexibility index (Phi) is 4.75. The fourth-order valence-electron chi connectivity index (χ4n) is 1.64. The number of alkyl halides is 3. The minimum absolute atomic E-state index is 0.348. The van der Waals surface area contributed by atoms with Crippen LogP contribution in [0.2, 0.25) is 0 Å². The Balaban J connectivity index is 3.42. The molecule has 0 aromatic heterocycles. The van der Waals surface area contributed by atoms with Crippen LogP contribution in [0, 0.1) is 22.5 Å². The minimum Gasteiger partial charge on any atom is -0.480 e. The van der Waals surface area contributed by atoms with Gasteiger partial charge in [0.05, 0.1) is 22.7 Å². The Hall–Kier alpha value is -2.76. The summed E-state index contributed by atoms with van der Waals surface area (Å²) in [6.45, 7) is -1.14. The van der Waals surface area contributed by atoms with E-state index in [1.807, 2.05) is 5.92 Å². The molecule has 0 atom stereocenters. The molecule has 0 aliphatic carbocycles. The summed E-state index contributed by atoms with van der Waals surface area (Å²) in [6, 6.07) is 2.04. The topological polar surface area (TPSA) is 83.7 Å². The highest BCUT2D eigenvalue weighted by Crippen LogP contribution is 2.38. The highest BCUT2D eigenvalue weighted by atomic mass is 19.4. The van der Waals surface area contributed by atoms with Crippen molar-refractivity contribution in [3.63, 3.8) is 0 Å². The number of hydrogen-bond donors (Lipinski definition) is 1. The van der Waals surface area contributed by atoms with Crippen LogP contribution in [0.3, 0.4) is 0 Å². The van der Waals surface area contributed by atoms with Crippen LogP contribution in [-0.2, 0) is 11.0 Å². The highest BCUT2D eigenvalue weighted by Gasteiger charge is 2.36. The number of halogens is 3. The maximum absolute atomic E-state index is 13.0. The van der Waals surface area contributed by atoms with Gasteiger partial charge in [0.1, 0.15) is 6.54 Å². The van der Waals surface area contributed by atoms with Crippen molar-refractivity contribution >= 4 is 17.3 Å². The molecule has 1 rings (SSSR count). The Morgan fingerprint density at radius 3 is 2.52 bits per heavy atom. The van der Waals surface area contributed by atoms with Crippen molar-refractivity contribution in [3.05, 3.63) is 33.9 Å². The zero-order valence-corrected chi connectivity index (χ0v) is 10.4. The maximum atomic E-state index is 13.0. The number of hydrogen-bond acceptors (Lipinski definition) is 4. The van der Waals surface area contributed by atoms with E-state index in [-0.39, 0.29) is 6.54 Å². The number of carboxylic acid groups (broad SMARTS) is 1. The van der Waals surface area contributed by atoms with Crippen molar-refractivity contribution in [1.29, 1.82) is 0 Å². The van der Waals surface area contributed by atoms with Gasteiger partial charge in [-0.1, -0.05) is 5.92 Å². The number of terminal acetylenes is 1. The first-order valence-corrected chi connectivity index (χ1v) is 5.42. The van der Waals surface area contributed by atoms with Crippen molar-refractivity contribution < 1.29 is 28.0 Å². The first-order valence-electron chi connectivity index (χ1n) is 5.42. The molecule has 1 aromatic rings. The van der Waals surface area contributed by atoms with Gasteiger partial charge >= 0.3 is 12.1 Å². The molecule has 0 amide bonds. The highest BCUT2D eigenvalue weighted by molar-refractivity contribution is 5.75. The summed E-state index contributed by atoms with van der Waals surface area (Å²) < 4.78 is 38.9. The van der Waals surface area contributed by atoms with Crippen LogP contribution in [0.25, 0.3) is 0 Å². The van der Waals surface area contributed by atoms with E-state index in [4.69, 9.17) is 11.5 Å². The smallest absolute Gasteiger partial charge is 0.418 e. The number of carbonyl (C=O) groups is 1. The molecule has 6 nitrogen and oxygen atoms in total. The zero-order valence-electron chi connectivity index (χ0n) is 10.4. The predicted molar refractivity (Wildman–Crippen MR) is 66.8 cm³/mol. The Morgan fingerprint density at radius 1 is 1.48 bits per heavy atom. The number of aliphatic carboxylic acids is 1. The lowest BCUT2D eigenvalue weighted by atomic mass is 10.1. The molecule has 0 aliphatic heterocycles. The van der Waals surface area contributed by atoms with Crippen molar-refractivity contribution in [1.82, 2.24) is 0 Å². The number of nitrogens with zero attached hydrogens (tertiary/aromatic N) is 2. The lowest BCUT2D eigenvalue weighted by Gasteiger charge is -2.24. The Labute approximate surface area is 116 Å². The SMILES string of the molecule is C#CCN(CC(=O)O)c1ccc([N+](=O)[O-])cc1C(F)(F)F. The van der Waals surface area contributed by atoms with Gasteiger partial charge in [-0.3, -0.25) is 14.9 Å². The van der Waals surface area contributed by atoms with Crippen LogP contribution in [0.1, 0.15) is 5.56 Å². The van der Waals surface area contributed by atoms with E-state index >= 15 is 0 Å². The van der Waals surface area contributed by atoms with E-state index < -0.39 is 40.6 Å². The number of nitro groups is 1. The van der Waals surface area contributed by atoms with Gasteiger partial charge in [0.25, 0.3) is 5.69 Å². The third-order valence-corrected chi connectivity index (χ3v) is 2.45. The van der Waals surface area contributed by atoms with Gasteiger partial charge in [0, 0.05) is 12.1 Å². The first-order chi connectivity index (χ1) is 9.66. The van der Waals surface area contributed by atoms with E-state index in [9.17, 15) is 28.1 Å². The number of non-ortho nitro benzene ring substituents is 1. The zero-order chi connectivity index (χ0) is 16.2. The number of nitro benzene ring substituents is 1. The summed E-state index contributed by atoms with van der Waals surface area (Å²) in [7, 11) is 0. The molecule has 21 heavy (non-hydrogen) atoms. The molecule has 0 unspecified atom stereocenters. The maximum Gasteiger partial charge on any atom is 0.418 e. The molecule has 0 aliphatic rings. The average Bonchev–Trinajstić information content (AvgIpc) is 2.36. The van der Waals surface area contributed by atoms with E-state index in [0.717, 1.165) is 17.0 Å². The van der Waals surface area contributed by atoms with Crippen LogP contribution in [0.15, 0.2) is 18.2 Å². The summed E-state index contributed by atoms with van der Waals surface area (Å²) in [5.74, 6) is 0.671. The largest absolute Gasteiger partial charge is 0.480 e. The third-order valence-electron chi connectivity index (χ3n) is 2.45. The molecule has 0 spiro atoms. The van der Waals surface area contributed by atoms with Crippen molar-refractivity contribution in [3.8, 4) is 12.3 Å². The molecule has 1 aromatic carbocycles. The molecular weight excluding hydrogens is 293 g/mol. The Bertz CT molecular complexity index is 608. The lowest BCUT2D eigenvalue weighted by molar-refractivity contribution is -0.385. The van der Waals surface area contributed by atoms with Gasteiger partial charge in [-0.2, -0.15) is 13.2 Å². The molecule has 0 fully saturated rings. The quantitative estimate of drug-likeness (QED) is 0.512. The van der Waals surface area contributed by atoms with Crippen molar-refractivity contribution in [2.75, 3.05) is 18.0 Å². The summed E-state index contributed by atoms with van der Waals surface area (Å²) in [5, 5.41) is 19.3. The summed E-state index contributed by atoms with van der Waals surface area (Å²) in [6.07, 6.45) is 0.123. The Morgan fingerprint density at radius 2 is 2.10 bits per heavy atom. The number of rotatable bonds is 5. The average molecular weight is 302 g/mol. The van der Waals surface area contributed by atoms with Gasteiger partial charge in [-0.15, -0.1) is 6.42 Å². The van der Waals surface area contributed by atoms with Crippen LogP contribution in [-0.4, -0.2) is 29.1 Å². The molecule has 0 saturated heterocycles. The van der Waals surface area contributed by atoms with Gasteiger partial charge in [-0.05, 0) is 6.07 Å². The molecule has 0 saturated carbocycles. The van der Waals surface area contributed by atoms with Crippen molar-refractivity contribution in [2.24, 2.45) is 0 Å². The first kappa shape index (κ1) is 16.3. The van der Waals surface area contributed by atoms with Gasteiger partial charge in [0.15, 0.2) is 0 Å². The van der Waals surface area contributed by atoms with Gasteiger partial charge in [-0.25, -0.2) is 0 Å². The third kappa shape index (κ3) is 4.10. The number of anilines is 1. The normalized spacial score (nSPS) is 10.8. The van der Waals surface area contributed by atoms with E-state index in [1.165, 1.54) is 0 Å². The second-order valence-electron chi connectivity index (χ2n) is 3.91. The molecule has 1 N–H and O–H groups in total. The van der Waals surface area contributed by atoms with Crippen LogP contribution >= 0.6 is 0 Å². The lowest BCUT2D eigenvalue weighted by Crippen LogP contribution is -2.31. The molecule has 0 heterocycles. The van der Waals surface area contributed by atoms with E-state index in [1.54, 1.807) is 0 Å². The van der Waals surface area contributed by atoms with Gasteiger partial charge < -0.3 is 10.0 Å². The van der Waals surface area contributed by atoms with Crippen molar-refractivity contribution in [2.45, 2.75) is 6.18 Å². The molecular formula is C12H9F3N2O4. The number of carboxylic acids is 1. The fourth-order valence-corrected chi connectivity index (χ4v) is 1.64. The number of benzene rings is 1. The minimum atomic E-state index is -4.88.